The van der Waals surface area contributed by atoms with Crippen molar-refractivity contribution in [3.05, 3.63) is 81.6 Å². The summed E-state index contributed by atoms with van der Waals surface area (Å²) in [5, 5.41) is 7.47. The number of hydrazone groups is 1. The number of rotatable bonds is 4. The number of benzene rings is 2. The number of carbonyl (C=O) groups is 2. The van der Waals surface area contributed by atoms with Crippen LogP contribution in [0.2, 0.25) is 10.0 Å². The molecular weight excluding hydrogens is 411 g/mol. The lowest BCUT2D eigenvalue weighted by Crippen LogP contribution is -2.32. The second-order valence-corrected chi connectivity index (χ2v) is 7.12. The van der Waals surface area contributed by atoms with Crippen LogP contribution in [0.15, 0.2) is 59.7 Å². The van der Waals surface area contributed by atoms with Gasteiger partial charge in [0, 0.05) is 27.7 Å². The first-order chi connectivity index (χ1) is 13.9. The second-order valence-electron chi connectivity index (χ2n) is 6.28. The van der Waals surface area contributed by atoms with Crippen molar-refractivity contribution in [2.75, 3.05) is 5.32 Å². The Morgan fingerprint density at radius 2 is 1.72 bits per heavy atom. The standard InChI is InChI=1S/C21H18Cl2N4O2/c1-13-10-15(14(2)27(13)19-9-8-16(22)11-18(19)23)12-24-26-21(29)20(28)25-17-6-4-3-5-7-17/h3-12H,1-2H3,(H,25,28)(H,26,29)/b24-12-. The number of amides is 2. The molecule has 0 saturated carbocycles. The van der Waals surface area contributed by atoms with Crippen LogP contribution in [-0.2, 0) is 9.59 Å². The molecule has 3 aromatic rings. The van der Waals surface area contributed by atoms with E-state index in [9.17, 15) is 9.59 Å². The number of halogens is 2. The normalized spacial score (nSPS) is 10.9. The molecule has 3 rings (SSSR count). The molecule has 8 heteroatoms. The van der Waals surface area contributed by atoms with Gasteiger partial charge in [-0.05, 0) is 50.2 Å². The average molecular weight is 429 g/mol. The zero-order chi connectivity index (χ0) is 21.0. The van der Waals surface area contributed by atoms with Gasteiger partial charge < -0.3 is 9.88 Å². The van der Waals surface area contributed by atoms with Gasteiger partial charge in [-0.2, -0.15) is 5.10 Å². The van der Waals surface area contributed by atoms with Gasteiger partial charge in [0.2, 0.25) is 0 Å². The van der Waals surface area contributed by atoms with E-state index in [1.807, 2.05) is 36.6 Å². The smallest absolute Gasteiger partial charge is 0.318 e. The lowest BCUT2D eigenvalue weighted by molar-refractivity contribution is -0.136. The molecule has 2 N–H and O–H groups in total. The molecule has 6 nitrogen and oxygen atoms in total. The van der Waals surface area contributed by atoms with Crippen LogP contribution >= 0.6 is 23.2 Å². The monoisotopic (exact) mass is 428 g/mol. The van der Waals surface area contributed by atoms with Gasteiger partial charge >= 0.3 is 11.8 Å². The molecule has 1 heterocycles. The van der Waals surface area contributed by atoms with Gasteiger partial charge in [-0.25, -0.2) is 5.43 Å². The van der Waals surface area contributed by atoms with Crippen LogP contribution in [-0.4, -0.2) is 22.6 Å². The van der Waals surface area contributed by atoms with Crippen molar-refractivity contribution in [2.24, 2.45) is 5.10 Å². The fourth-order valence-corrected chi connectivity index (χ4v) is 3.37. The molecule has 0 atom stereocenters. The van der Waals surface area contributed by atoms with Gasteiger partial charge in [0.05, 0.1) is 16.9 Å². The molecule has 0 spiro atoms. The van der Waals surface area contributed by atoms with E-state index < -0.39 is 11.8 Å². The molecule has 29 heavy (non-hydrogen) atoms. The van der Waals surface area contributed by atoms with E-state index in [1.54, 1.807) is 36.4 Å². The molecule has 0 fully saturated rings. The maximum atomic E-state index is 11.9. The average Bonchev–Trinajstić information content (AvgIpc) is 2.96. The Balaban J connectivity index is 1.71. The largest absolute Gasteiger partial charge is 0.329 e. The van der Waals surface area contributed by atoms with Gasteiger partial charge in [0.15, 0.2) is 0 Å². The first-order valence-corrected chi connectivity index (χ1v) is 9.46. The number of hydrogen-bond donors (Lipinski definition) is 2. The summed E-state index contributed by atoms with van der Waals surface area (Å²) in [4.78, 5) is 23.8. The number of carbonyl (C=O) groups excluding carboxylic acids is 2. The topological polar surface area (TPSA) is 75.5 Å². The summed E-state index contributed by atoms with van der Waals surface area (Å²) < 4.78 is 1.96. The highest BCUT2D eigenvalue weighted by atomic mass is 35.5. The third-order valence-corrected chi connectivity index (χ3v) is 4.77. The van der Waals surface area contributed by atoms with Gasteiger partial charge in [0.1, 0.15) is 0 Å². The van der Waals surface area contributed by atoms with E-state index in [2.05, 4.69) is 15.8 Å². The molecule has 0 saturated heterocycles. The number of hydrogen-bond acceptors (Lipinski definition) is 3. The summed E-state index contributed by atoms with van der Waals surface area (Å²) in [5.74, 6) is -1.66. The number of aromatic nitrogens is 1. The van der Waals surface area contributed by atoms with Gasteiger partial charge in [-0.15, -0.1) is 0 Å². The molecular formula is C21H18Cl2N4O2. The summed E-state index contributed by atoms with van der Waals surface area (Å²) in [6, 6.07) is 15.9. The Kier molecular flexibility index (Phi) is 6.36. The second kappa shape index (κ2) is 8.94. The maximum Gasteiger partial charge on any atom is 0.329 e. The summed E-state index contributed by atoms with van der Waals surface area (Å²) >= 11 is 12.3. The Morgan fingerprint density at radius 3 is 2.41 bits per heavy atom. The van der Waals surface area contributed by atoms with Crippen molar-refractivity contribution in [3.63, 3.8) is 0 Å². The van der Waals surface area contributed by atoms with Gasteiger partial charge in [0.25, 0.3) is 0 Å². The molecule has 0 bridgehead atoms. The summed E-state index contributed by atoms with van der Waals surface area (Å²) in [6.45, 7) is 3.84. The molecule has 2 amide bonds. The highest BCUT2D eigenvalue weighted by Crippen LogP contribution is 2.28. The molecule has 148 valence electrons. The van der Waals surface area contributed by atoms with Gasteiger partial charge in [-0.3, -0.25) is 9.59 Å². The van der Waals surface area contributed by atoms with Crippen molar-refractivity contribution in [2.45, 2.75) is 13.8 Å². The highest BCUT2D eigenvalue weighted by Gasteiger charge is 2.14. The molecule has 0 aliphatic heterocycles. The fraction of sp³-hybridized carbons (Fsp3) is 0.0952. The van der Waals surface area contributed by atoms with Crippen LogP contribution in [0, 0.1) is 13.8 Å². The van der Waals surface area contributed by atoms with Crippen molar-refractivity contribution in [1.29, 1.82) is 0 Å². The minimum absolute atomic E-state index is 0.522. The van der Waals surface area contributed by atoms with Crippen molar-refractivity contribution >= 4 is 46.9 Å². The van der Waals surface area contributed by atoms with E-state index >= 15 is 0 Å². The number of anilines is 1. The van der Waals surface area contributed by atoms with Crippen LogP contribution < -0.4 is 10.7 Å². The predicted molar refractivity (Wildman–Crippen MR) is 116 cm³/mol. The Bertz CT molecular complexity index is 1090. The molecule has 0 aliphatic rings. The fourth-order valence-electron chi connectivity index (χ4n) is 2.87. The van der Waals surface area contributed by atoms with E-state index in [4.69, 9.17) is 23.2 Å². The van der Waals surface area contributed by atoms with Gasteiger partial charge in [-0.1, -0.05) is 41.4 Å². The van der Waals surface area contributed by atoms with E-state index in [0.29, 0.717) is 15.7 Å². The number of para-hydroxylation sites is 1. The van der Waals surface area contributed by atoms with Crippen molar-refractivity contribution in [3.8, 4) is 5.69 Å². The first-order valence-electron chi connectivity index (χ1n) is 8.70. The lowest BCUT2D eigenvalue weighted by Gasteiger charge is -2.11. The summed E-state index contributed by atoms with van der Waals surface area (Å²) in [5.41, 5.74) is 6.13. The van der Waals surface area contributed by atoms with Crippen LogP contribution in [0.1, 0.15) is 17.0 Å². The zero-order valence-electron chi connectivity index (χ0n) is 15.7. The van der Waals surface area contributed by atoms with Crippen LogP contribution in [0.25, 0.3) is 5.69 Å². The lowest BCUT2D eigenvalue weighted by atomic mass is 10.2. The molecule has 0 aliphatic carbocycles. The number of nitrogens with one attached hydrogen (secondary N) is 2. The van der Waals surface area contributed by atoms with E-state index in [1.165, 1.54) is 6.21 Å². The highest BCUT2D eigenvalue weighted by molar-refractivity contribution is 6.39. The molecule has 0 radical (unpaired) electrons. The predicted octanol–water partition coefficient (Wildman–Crippen LogP) is 4.49. The van der Waals surface area contributed by atoms with E-state index in [0.717, 1.165) is 22.6 Å². The Morgan fingerprint density at radius 1 is 1.00 bits per heavy atom. The number of aryl methyl sites for hydroxylation is 1. The SMILES string of the molecule is Cc1cc(/C=N\NC(=O)C(=O)Nc2ccccc2)c(C)n1-c1ccc(Cl)cc1Cl. The molecule has 2 aromatic carbocycles. The Labute approximate surface area is 178 Å². The van der Waals surface area contributed by atoms with Crippen LogP contribution in [0.4, 0.5) is 5.69 Å². The Hall–Kier alpha value is -3.09. The minimum Gasteiger partial charge on any atom is -0.318 e. The summed E-state index contributed by atoms with van der Waals surface area (Å²) in [7, 11) is 0. The van der Waals surface area contributed by atoms with Crippen molar-refractivity contribution in [1.82, 2.24) is 9.99 Å². The van der Waals surface area contributed by atoms with Crippen LogP contribution in [0.3, 0.4) is 0 Å². The third-order valence-electron chi connectivity index (χ3n) is 4.23. The first kappa shape index (κ1) is 20.6. The van der Waals surface area contributed by atoms with Crippen molar-refractivity contribution < 1.29 is 9.59 Å². The molecule has 0 unspecified atom stereocenters. The minimum atomic E-state index is -0.861. The maximum absolute atomic E-state index is 11.9. The third kappa shape index (κ3) is 4.85. The molecule has 1 aromatic heterocycles. The summed E-state index contributed by atoms with van der Waals surface area (Å²) in [6.07, 6.45) is 1.48. The van der Waals surface area contributed by atoms with E-state index in [-0.39, 0.29) is 0 Å². The quantitative estimate of drug-likeness (QED) is 0.364. The van der Waals surface area contributed by atoms with Crippen LogP contribution in [0.5, 0.6) is 0 Å². The number of nitrogens with zero attached hydrogens (tertiary/aromatic N) is 2. The zero-order valence-corrected chi connectivity index (χ0v) is 17.3.